The molecule has 3 aromatic rings. The molecule has 4 heterocycles. The van der Waals surface area contributed by atoms with Crippen molar-refractivity contribution in [3.63, 3.8) is 0 Å². The van der Waals surface area contributed by atoms with E-state index in [4.69, 9.17) is 0 Å². The molecule has 6 nitrogen and oxygen atoms in total. The van der Waals surface area contributed by atoms with Crippen LogP contribution in [0.25, 0.3) is 5.65 Å². The van der Waals surface area contributed by atoms with Crippen LogP contribution in [-0.2, 0) is 18.3 Å². The molecule has 1 amide bonds. The van der Waals surface area contributed by atoms with Gasteiger partial charge >= 0.3 is 0 Å². The number of hydrogen-bond donors (Lipinski definition) is 0. The molecule has 1 saturated heterocycles. The van der Waals surface area contributed by atoms with E-state index in [2.05, 4.69) is 17.0 Å². The number of amides is 1. The maximum absolute atomic E-state index is 13.0. The second-order valence-electron chi connectivity index (χ2n) is 6.83. The standard InChI is InChI=1S/C19H23N5O/c1-13-19(14(2)22(3)21-13)16-7-6-10-24(16)18(25)11-15-12-23-9-5-4-8-17(23)20-15/h4-5,8-9,12,16H,6-7,10-11H2,1-3H3/t16-/m1/s1. The molecular weight excluding hydrogens is 314 g/mol. The van der Waals surface area contributed by atoms with E-state index in [0.29, 0.717) is 6.42 Å². The minimum atomic E-state index is 0.137. The molecular formula is C19H23N5O. The molecule has 0 aromatic carbocycles. The number of rotatable bonds is 3. The van der Waals surface area contributed by atoms with Crippen molar-refractivity contribution in [2.75, 3.05) is 6.54 Å². The third kappa shape index (κ3) is 2.71. The van der Waals surface area contributed by atoms with Crippen LogP contribution in [0.1, 0.15) is 41.5 Å². The number of carbonyl (C=O) groups is 1. The van der Waals surface area contributed by atoms with Crippen LogP contribution in [0.3, 0.4) is 0 Å². The Morgan fingerprint density at radius 3 is 2.88 bits per heavy atom. The first-order chi connectivity index (χ1) is 12.0. The van der Waals surface area contributed by atoms with Crippen LogP contribution in [0.4, 0.5) is 0 Å². The third-order valence-corrected chi connectivity index (χ3v) is 5.22. The molecule has 1 aliphatic rings. The Labute approximate surface area is 147 Å². The molecule has 1 fully saturated rings. The SMILES string of the molecule is Cc1nn(C)c(C)c1[C@H]1CCCN1C(=O)Cc1cn2ccccc2n1. The molecule has 0 N–H and O–H groups in total. The second-order valence-corrected chi connectivity index (χ2v) is 6.83. The number of aromatic nitrogens is 4. The maximum atomic E-state index is 13.0. The summed E-state index contributed by atoms with van der Waals surface area (Å²) in [6, 6.07) is 6.01. The van der Waals surface area contributed by atoms with Crippen LogP contribution in [0.15, 0.2) is 30.6 Å². The summed E-state index contributed by atoms with van der Waals surface area (Å²) >= 11 is 0. The van der Waals surface area contributed by atoms with Crippen LogP contribution < -0.4 is 0 Å². The zero-order valence-electron chi connectivity index (χ0n) is 14.9. The Bertz CT molecular complexity index is 906. The predicted octanol–water partition coefficient (Wildman–Crippen LogP) is 2.59. The van der Waals surface area contributed by atoms with E-state index in [1.807, 2.05) is 58.5 Å². The van der Waals surface area contributed by atoms with E-state index in [-0.39, 0.29) is 11.9 Å². The van der Waals surface area contributed by atoms with Crippen LogP contribution >= 0.6 is 0 Å². The lowest BCUT2D eigenvalue weighted by Crippen LogP contribution is -2.32. The van der Waals surface area contributed by atoms with Crippen molar-refractivity contribution < 1.29 is 4.79 Å². The van der Waals surface area contributed by atoms with E-state index in [0.717, 1.165) is 42.1 Å². The Hall–Kier alpha value is -2.63. The zero-order chi connectivity index (χ0) is 17.6. The number of carbonyl (C=O) groups excluding carboxylic acids is 1. The molecule has 0 bridgehead atoms. The number of aryl methyl sites for hydroxylation is 2. The van der Waals surface area contributed by atoms with Gasteiger partial charge in [0.1, 0.15) is 5.65 Å². The Morgan fingerprint density at radius 1 is 1.32 bits per heavy atom. The van der Waals surface area contributed by atoms with E-state index in [1.165, 1.54) is 5.56 Å². The predicted molar refractivity (Wildman–Crippen MR) is 95.3 cm³/mol. The molecule has 1 aliphatic heterocycles. The molecule has 0 aliphatic carbocycles. The quantitative estimate of drug-likeness (QED) is 0.738. The summed E-state index contributed by atoms with van der Waals surface area (Å²) < 4.78 is 3.87. The topological polar surface area (TPSA) is 55.4 Å². The fraction of sp³-hybridized carbons (Fsp3) is 0.421. The van der Waals surface area contributed by atoms with Gasteiger partial charge < -0.3 is 9.30 Å². The normalized spacial score (nSPS) is 17.6. The molecule has 0 unspecified atom stereocenters. The molecule has 0 spiro atoms. The van der Waals surface area contributed by atoms with E-state index in [9.17, 15) is 4.79 Å². The number of nitrogens with zero attached hydrogens (tertiary/aromatic N) is 5. The molecule has 0 saturated carbocycles. The molecule has 3 aromatic heterocycles. The van der Waals surface area contributed by atoms with E-state index in [1.54, 1.807) is 0 Å². The fourth-order valence-corrected chi connectivity index (χ4v) is 3.97. The summed E-state index contributed by atoms with van der Waals surface area (Å²) in [5, 5.41) is 4.52. The van der Waals surface area contributed by atoms with Gasteiger partial charge in [0.05, 0.1) is 23.9 Å². The van der Waals surface area contributed by atoms with Gasteiger partial charge in [-0.25, -0.2) is 4.98 Å². The highest BCUT2D eigenvalue weighted by Crippen LogP contribution is 2.35. The van der Waals surface area contributed by atoms with Gasteiger partial charge in [0.15, 0.2) is 0 Å². The van der Waals surface area contributed by atoms with Gasteiger partial charge in [0, 0.05) is 37.2 Å². The highest BCUT2D eigenvalue weighted by Gasteiger charge is 2.33. The first kappa shape index (κ1) is 15.9. The molecule has 1 atom stereocenters. The van der Waals surface area contributed by atoms with Gasteiger partial charge in [0.25, 0.3) is 0 Å². The van der Waals surface area contributed by atoms with Crippen molar-refractivity contribution in [3.05, 3.63) is 53.2 Å². The van der Waals surface area contributed by atoms with Crippen LogP contribution in [0.5, 0.6) is 0 Å². The lowest BCUT2D eigenvalue weighted by Gasteiger charge is -2.25. The molecule has 130 valence electrons. The second kappa shape index (κ2) is 6.02. The first-order valence-corrected chi connectivity index (χ1v) is 8.77. The van der Waals surface area contributed by atoms with Crippen molar-refractivity contribution in [2.24, 2.45) is 7.05 Å². The minimum absolute atomic E-state index is 0.137. The molecule has 25 heavy (non-hydrogen) atoms. The van der Waals surface area contributed by atoms with Crippen molar-refractivity contribution in [1.82, 2.24) is 24.1 Å². The first-order valence-electron chi connectivity index (χ1n) is 8.77. The summed E-state index contributed by atoms with van der Waals surface area (Å²) in [5.41, 5.74) is 5.08. The summed E-state index contributed by atoms with van der Waals surface area (Å²) in [7, 11) is 1.96. The van der Waals surface area contributed by atoms with Crippen LogP contribution in [-0.4, -0.2) is 36.5 Å². The number of fused-ring (bicyclic) bond motifs is 1. The van der Waals surface area contributed by atoms with Crippen LogP contribution in [0.2, 0.25) is 0 Å². The summed E-state index contributed by atoms with van der Waals surface area (Å²) in [5.74, 6) is 0.147. The minimum Gasteiger partial charge on any atom is -0.335 e. The maximum Gasteiger partial charge on any atom is 0.229 e. The zero-order valence-corrected chi connectivity index (χ0v) is 14.9. The van der Waals surface area contributed by atoms with Gasteiger partial charge in [-0.3, -0.25) is 9.48 Å². The highest BCUT2D eigenvalue weighted by molar-refractivity contribution is 5.79. The average molecular weight is 337 g/mol. The number of likely N-dealkylation sites (tertiary alicyclic amines) is 1. The smallest absolute Gasteiger partial charge is 0.229 e. The third-order valence-electron chi connectivity index (χ3n) is 5.22. The molecule has 0 radical (unpaired) electrons. The summed E-state index contributed by atoms with van der Waals surface area (Å²) in [6.07, 6.45) is 6.28. The fourth-order valence-electron chi connectivity index (χ4n) is 3.97. The molecule has 4 rings (SSSR count). The van der Waals surface area contributed by atoms with E-state index < -0.39 is 0 Å². The van der Waals surface area contributed by atoms with Crippen molar-refractivity contribution in [1.29, 1.82) is 0 Å². The van der Waals surface area contributed by atoms with Crippen molar-refractivity contribution in [3.8, 4) is 0 Å². The average Bonchev–Trinajstić information content (AvgIpc) is 3.25. The van der Waals surface area contributed by atoms with Crippen LogP contribution in [0, 0.1) is 13.8 Å². The lowest BCUT2D eigenvalue weighted by atomic mass is 10.0. The monoisotopic (exact) mass is 337 g/mol. The van der Waals surface area contributed by atoms with Gasteiger partial charge in [-0.2, -0.15) is 5.10 Å². The summed E-state index contributed by atoms with van der Waals surface area (Å²) in [6.45, 7) is 4.93. The molecule has 6 heteroatoms. The Balaban J connectivity index is 1.58. The van der Waals surface area contributed by atoms with Crippen molar-refractivity contribution >= 4 is 11.6 Å². The van der Waals surface area contributed by atoms with E-state index >= 15 is 0 Å². The highest BCUT2D eigenvalue weighted by atomic mass is 16.2. The van der Waals surface area contributed by atoms with Gasteiger partial charge in [-0.1, -0.05) is 6.07 Å². The largest absolute Gasteiger partial charge is 0.335 e. The van der Waals surface area contributed by atoms with Gasteiger partial charge in [-0.15, -0.1) is 0 Å². The summed E-state index contributed by atoms with van der Waals surface area (Å²) in [4.78, 5) is 19.5. The van der Waals surface area contributed by atoms with Gasteiger partial charge in [0.2, 0.25) is 5.91 Å². The number of imidazole rings is 1. The lowest BCUT2D eigenvalue weighted by molar-refractivity contribution is -0.131. The van der Waals surface area contributed by atoms with Crippen molar-refractivity contribution in [2.45, 2.75) is 39.2 Å². The number of pyridine rings is 1. The Kier molecular flexibility index (Phi) is 3.82. The number of hydrogen-bond acceptors (Lipinski definition) is 3. The van der Waals surface area contributed by atoms with Gasteiger partial charge in [-0.05, 0) is 38.8 Å². The Morgan fingerprint density at radius 2 is 2.16 bits per heavy atom.